The number of nitrogens with zero attached hydrogens (tertiary/aromatic N) is 1. The first-order valence-corrected chi connectivity index (χ1v) is 6.47. The zero-order chi connectivity index (χ0) is 14.5. The summed E-state index contributed by atoms with van der Waals surface area (Å²) < 4.78 is 17.2. The SMILES string of the molecule is CC1(C)OC2C(O1)[C@@H](CO)O[C@H]2N1C=CC(=O)NC1O. The predicted octanol–water partition coefficient (Wildman–Crippen LogP) is -1.55. The third-order valence-electron chi connectivity index (χ3n) is 3.55. The third kappa shape index (κ3) is 2.19. The molecule has 5 atom stereocenters. The highest BCUT2D eigenvalue weighted by molar-refractivity contribution is 5.88. The van der Waals surface area contributed by atoms with E-state index < -0.39 is 36.7 Å². The highest BCUT2D eigenvalue weighted by atomic mass is 16.8. The quantitative estimate of drug-likeness (QED) is 0.565. The van der Waals surface area contributed by atoms with E-state index in [9.17, 15) is 15.0 Å². The lowest BCUT2D eigenvalue weighted by Crippen LogP contribution is -2.55. The Labute approximate surface area is 115 Å². The number of carbonyl (C=O) groups excluding carboxylic acids is 1. The largest absolute Gasteiger partial charge is 0.394 e. The van der Waals surface area contributed by atoms with E-state index in [1.165, 1.54) is 17.2 Å². The van der Waals surface area contributed by atoms with Crippen molar-refractivity contribution in [2.45, 2.75) is 50.5 Å². The van der Waals surface area contributed by atoms with Gasteiger partial charge >= 0.3 is 0 Å². The van der Waals surface area contributed by atoms with Crippen LogP contribution < -0.4 is 5.32 Å². The smallest absolute Gasteiger partial charge is 0.248 e. The maximum atomic E-state index is 11.2. The van der Waals surface area contributed by atoms with Gasteiger partial charge in [0.05, 0.1) is 6.61 Å². The van der Waals surface area contributed by atoms with Gasteiger partial charge in [-0.1, -0.05) is 0 Å². The van der Waals surface area contributed by atoms with Crippen molar-refractivity contribution in [1.29, 1.82) is 0 Å². The molecule has 3 N–H and O–H groups in total. The number of nitrogens with one attached hydrogen (secondary N) is 1. The van der Waals surface area contributed by atoms with Crippen molar-refractivity contribution < 1.29 is 29.2 Å². The van der Waals surface area contributed by atoms with Gasteiger partial charge in [-0.3, -0.25) is 4.79 Å². The molecule has 3 rings (SSSR count). The van der Waals surface area contributed by atoms with Crippen LogP contribution in [0, 0.1) is 0 Å². The zero-order valence-corrected chi connectivity index (χ0v) is 11.2. The van der Waals surface area contributed by atoms with Crippen LogP contribution in [-0.2, 0) is 19.0 Å². The molecule has 8 heteroatoms. The molecule has 0 radical (unpaired) electrons. The van der Waals surface area contributed by atoms with Crippen LogP contribution in [0.5, 0.6) is 0 Å². The first-order valence-electron chi connectivity index (χ1n) is 6.47. The Kier molecular flexibility index (Phi) is 3.22. The van der Waals surface area contributed by atoms with Gasteiger partial charge in [0.1, 0.15) is 18.3 Å². The Hall–Kier alpha value is -1.19. The van der Waals surface area contributed by atoms with Crippen LogP contribution in [-0.4, -0.2) is 64.3 Å². The second-order valence-corrected chi connectivity index (χ2v) is 5.46. The highest BCUT2D eigenvalue weighted by Gasteiger charge is 2.57. The van der Waals surface area contributed by atoms with Crippen LogP contribution >= 0.6 is 0 Å². The van der Waals surface area contributed by atoms with E-state index in [1.807, 2.05) is 0 Å². The maximum Gasteiger partial charge on any atom is 0.248 e. The number of aliphatic hydroxyl groups is 2. The minimum absolute atomic E-state index is 0.211. The molecule has 3 aliphatic heterocycles. The Bertz CT molecular complexity index is 440. The van der Waals surface area contributed by atoms with Crippen molar-refractivity contribution in [2.24, 2.45) is 0 Å². The van der Waals surface area contributed by atoms with E-state index in [1.54, 1.807) is 13.8 Å². The van der Waals surface area contributed by atoms with E-state index in [0.29, 0.717) is 0 Å². The molecule has 112 valence electrons. The topological polar surface area (TPSA) is 100 Å². The molecule has 3 aliphatic rings. The second kappa shape index (κ2) is 4.68. The van der Waals surface area contributed by atoms with Gasteiger partial charge in [-0.05, 0) is 13.8 Å². The van der Waals surface area contributed by atoms with Crippen LogP contribution in [0.2, 0.25) is 0 Å². The summed E-state index contributed by atoms with van der Waals surface area (Å²) >= 11 is 0. The van der Waals surface area contributed by atoms with Crippen molar-refractivity contribution in [2.75, 3.05) is 6.61 Å². The molecule has 0 saturated carbocycles. The van der Waals surface area contributed by atoms with Gasteiger partial charge in [-0.2, -0.15) is 0 Å². The molecule has 0 aromatic heterocycles. The molecule has 0 aliphatic carbocycles. The lowest BCUT2D eigenvalue weighted by atomic mass is 10.1. The molecule has 0 spiro atoms. The number of hydrogen-bond donors (Lipinski definition) is 3. The molecular formula is C12H18N2O6. The summed E-state index contributed by atoms with van der Waals surface area (Å²) in [4.78, 5) is 12.6. The van der Waals surface area contributed by atoms with Crippen molar-refractivity contribution in [3.63, 3.8) is 0 Å². The first kappa shape index (κ1) is 13.8. The number of ether oxygens (including phenoxy) is 3. The van der Waals surface area contributed by atoms with Crippen molar-refractivity contribution in [3.8, 4) is 0 Å². The third-order valence-corrected chi connectivity index (χ3v) is 3.55. The fourth-order valence-corrected chi connectivity index (χ4v) is 2.76. The van der Waals surface area contributed by atoms with Gasteiger partial charge < -0.3 is 34.6 Å². The number of aliphatic hydroxyl groups excluding tert-OH is 2. The highest BCUT2D eigenvalue weighted by Crippen LogP contribution is 2.40. The molecule has 8 nitrogen and oxygen atoms in total. The summed E-state index contributed by atoms with van der Waals surface area (Å²) in [5.41, 5.74) is 0. The second-order valence-electron chi connectivity index (χ2n) is 5.46. The van der Waals surface area contributed by atoms with E-state index >= 15 is 0 Å². The van der Waals surface area contributed by atoms with Crippen LogP contribution in [0.1, 0.15) is 13.8 Å². The Morgan fingerprint density at radius 1 is 1.40 bits per heavy atom. The van der Waals surface area contributed by atoms with Gasteiger partial charge in [-0.15, -0.1) is 0 Å². The predicted molar refractivity (Wildman–Crippen MR) is 64.7 cm³/mol. The van der Waals surface area contributed by atoms with E-state index in [2.05, 4.69) is 5.32 Å². The van der Waals surface area contributed by atoms with Gasteiger partial charge in [0.25, 0.3) is 0 Å². The molecule has 20 heavy (non-hydrogen) atoms. The molecular weight excluding hydrogens is 268 g/mol. The average molecular weight is 286 g/mol. The zero-order valence-electron chi connectivity index (χ0n) is 11.2. The lowest BCUT2D eigenvalue weighted by molar-refractivity contribution is -0.219. The van der Waals surface area contributed by atoms with E-state index in [4.69, 9.17) is 14.2 Å². The van der Waals surface area contributed by atoms with E-state index in [0.717, 1.165) is 0 Å². The molecule has 0 bridgehead atoms. The molecule has 0 aromatic carbocycles. The summed E-state index contributed by atoms with van der Waals surface area (Å²) in [7, 11) is 0. The Morgan fingerprint density at radius 3 is 2.75 bits per heavy atom. The van der Waals surface area contributed by atoms with Crippen molar-refractivity contribution >= 4 is 5.91 Å². The number of fused-ring (bicyclic) bond motifs is 1. The standard InChI is InChI=1S/C12H18N2O6/c1-12(2)19-8-6(5-15)18-10(9(8)20-12)14-4-3-7(16)13-11(14)17/h3-4,6,8-11,15,17H,5H2,1-2H3,(H,13,16)/t6-,8?,9?,10-,11?/m1/s1. The summed E-state index contributed by atoms with van der Waals surface area (Å²) in [6.07, 6.45) is -0.536. The average Bonchev–Trinajstić information content (AvgIpc) is 2.83. The first-order chi connectivity index (χ1) is 9.41. The van der Waals surface area contributed by atoms with E-state index in [-0.39, 0.29) is 12.5 Å². The van der Waals surface area contributed by atoms with Crippen molar-refractivity contribution in [3.05, 3.63) is 12.3 Å². The lowest BCUT2D eigenvalue weighted by Gasteiger charge is -2.36. The van der Waals surface area contributed by atoms with Gasteiger partial charge in [0.15, 0.2) is 12.0 Å². The van der Waals surface area contributed by atoms with Crippen LogP contribution in [0.3, 0.4) is 0 Å². The summed E-state index contributed by atoms with van der Waals surface area (Å²) in [6, 6.07) is 0. The minimum atomic E-state index is -1.21. The number of rotatable bonds is 2. The van der Waals surface area contributed by atoms with Crippen LogP contribution in [0.25, 0.3) is 0 Å². The Morgan fingerprint density at radius 2 is 2.10 bits per heavy atom. The number of hydrogen-bond acceptors (Lipinski definition) is 7. The Balaban J connectivity index is 1.83. The molecule has 2 fully saturated rings. The van der Waals surface area contributed by atoms with Gasteiger partial charge in [-0.25, -0.2) is 0 Å². The van der Waals surface area contributed by atoms with Crippen LogP contribution in [0.4, 0.5) is 0 Å². The van der Waals surface area contributed by atoms with Crippen LogP contribution in [0.15, 0.2) is 12.3 Å². The summed E-state index contributed by atoms with van der Waals surface area (Å²) in [6.45, 7) is 3.35. The van der Waals surface area contributed by atoms with Gasteiger partial charge in [0, 0.05) is 12.3 Å². The number of amides is 1. The van der Waals surface area contributed by atoms with Crippen molar-refractivity contribution in [1.82, 2.24) is 10.2 Å². The fourth-order valence-electron chi connectivity index (χ4n) is 2.76. The molecule has 0 aromatic rings. The van der Waals surface area contributed by atoms with Gasteiger partial charge in [0.2, 0.25) is 12.3 Å². The molecule has 2 saturated heterocycles. The monoisotopic (exact) mass is 286 g/mol. The normalized spacial score (nSPS) is 42.7. The summed E-state index contributed by atoms with van der Waals surface area (Å²) in [5.74, 6) is -1.16. The molecule has 3 heterocycles. The fraction of sp³-hybridized carbons (Fsp3) is 0.750. The number of carbonyl (C=O) groups is 1. The minimum Gasteiger partial charge on any atom is -0.394 e. The summed E-state index contributed by atoms with van der Waals surface area (Å²) in [5, 5.41) is 21.6. The molecule has 1 amide bonds. The molecule has 3 unspecified atom stereocenters. The maximum absolute atomic E-state index is 11.2.